The highest BCUT2D eigenvalue weighted by Gasteiger charge is 2.13. The van der Waals surface area contributed by atoms with Crippen LogP contribution in [0, 0.1) is 6.92 Å². The Morgan fingerprint density at radius 2 is 2.00 bits per heavy atom. The summed E-state index contributed by atoms with van der Waals surface area (Å²) in [5, 5.41) is 9.55. The maximum atomic E-state index is 5.95. The summed E-state index contributed by atoms with van der Waals surface area (Å²) in [6.45, 7) is 2.09. The number of halogens is 1. The van der Waals surface area contributed by atoms with Crippen molar-refractivity contribution in [3.8, 4) is 11.4 Å². The largest absolute Gasteiger partial charge is 0.305 e. The van der Waals surface area contributed by atoms with Crippen molar-refractivity contribution in [2.45, 2.75) is 17.8 Å². The Morgan fingerprint density at radius 1 is 1.19 bits per heavy atom. The third kappa shape index (κ3) is 3.15. The van der Waals surface area contributed by atoms with Crippen molar-refractivity contribution in [1.29, 1.82) is 0 Å². The fourth-order valence-electron chi connectivity index (χ4n) is 2.06. The molecule has 0 fully saturated rings. The van der Waals surface area contributed by atoms with Crippen molar-refractivity contribution in [3.05, 3.63) is 51.2 Å². The summed E-state index contributed by atoms with van der Waals surface area (Å²) in [6, 6.07) is 12.2. The lowest BCUT2D eigenvalue weighted by atomic mass is 10.1. The molecule has 0 saturated heterocycles. The summed E-state index contributed by atoms with van der Waals surface area (Å²) in [7, 11) is 2.01. The minimum absolute atomic E-state index is 0.823. The molecule has 21 heavy (non-hydrogen) atoms. The molecule has 0 unspecified atom stereocenters. The van der Waals surface area contributed by atoms with Gasteiger partial charge in [0.15, 0.2) is 11.0 Å². The van der Waals surface area contributed by atoms with Crippen LogP contribution in [0.2, 0.25) is 4.34 Å². The molecule has 0 aliphatic rings. The summed E-state index contributed by atoms with van der Waals surface area (Å²) in [5.41, 5.74) is 2.33. The lowest BCUT2D eigenvalue weighted by molar-refractivity contribution is 0.793. The summed E-state index contributed by atoms with van der Waals surface area (Å²) in [4.78, 5) is 1.24. The molecule has 6 heteroatoms. The number of aryl methyl sites for hydroxylation is 1. The van der Waals surface area contributed by atoms with Crippen LogP contribution in [0.1, 0.15) is 10.4 Å². The van der Waals surface area contributed by atoms with Gasteiger partial charge >= 0.3 is 0 Å². The van der Waals surface area contributed by atoms with Crippen LogP contribution in [-0.4, -0.2) is 14.8 Å². The number of nitrogens with zero attached hydrogens (tertiary/aromatic N) is 3. The lowest BCUT2D eigenvalue weighted by Gasteiger charge is -2.05. The first kappa shape index (κ1) is 14.6. The fourth-order valence-corrected chi connectivity index (χ4v) is 4.11. The molecule has 0 aliphatic heterocycles. The second-order valence-corrected chi connectivity index (χ2v) is 7.42. The Hall–Kier alpha value is -1.30. The number of aromatic nitrogens is 3. The van der Waals surface area contributed by atoms with Crippen LogP contribution < -0.4 is 0 Å². The van der Waals surface area contributed by atoms with Gasteiger partial charge in [0.25, 0.3) is 0 Å². The summed E-state index contributed by atoms with van der Waals surface area (Å²) in [5.74, 6) is 1.76. The van der Waals surface area contributed by atoms with E-state index in [1.54, 1.807) is 23.1 Å². The van der Waals surface area contributed by atoms with Crippen molar-refractivity contribution in [2.75, 3.05) is 0 Å². The second-order valence-electron chi connectivity index (χ2n) is 4.67. The molecular formula is C15H14ClN3S2. The zero-order valence-corrected chi connectivity index (χ0v) is 14.1. The van der Waals surface area contributed by atoms with Gasteiger partial charge in [0, 0.05) is 23.2 Å². The molecule has 108 valence electrons. The van der Waals surface area contributed by atoms with Crippen molar-refractivity contribution in [3.63, 3.8) is 0 Å². The van der Waals surface area contributed by atoms with E-state index in [0.29, 0.717) is 0 Å². The van der Waals surface area contributed by atoms with Gasteiger partial charge in [-0.15, -0.1) is 21.5 Å². The molecule has 2 aromatic heterocycles. The van der Waals surface area contributed by atoms with E-state index < -0.39 is 0 Å². The Balaban J connectivity index is 1.81. The van der Waals surface area contributed by atoms with Crippen LogP contribution in [0.5, 0.6) is 0 Å². The topological polar surface area (TPSA) is 30.7 Å². The van der Waals surface area contributed by atoms with E-state index in [1.165, 1.54) is 10.4 Å². The highest BCUT2D eigenvalue weighted by atomic mass is 35.5. The third-order valence-corrected chi connectivity index (χ3v) is 5.68. The smallest absolute Gasteiger partial charge is 0.191 e. The minimum atomic E-state index is 0.823. The standard InChI is InChI=1S/C15H14ClN3S2/c1-10-5-3-4-6-12(10)14-17-18-15(19(14)2)20-9-11-7-8-13(16)21-11/h3-8H,9H2,1-2H3. The molecule has 0 bridgehead atoms. The Kier molecular flexibility index (Phi) is 4.33. The Labute approximate surface area is 137 Å². The first-order chi connectivity index (χ1) is 10.1. The van der Waals surface area contributed by atoms with Gasteiger partial charge in [-0.2, -0.15) is 0 Å². The molecule has 3 rings (SSSR count). The number of hydrogen-bond acceptors (Lipinski definition) is 4. The summed E-state index contributed by atoms with van der Waals surface area (Å²) in [6.07, 6.45) is 0. The highest BCUT2D eigenvalue weighted by molar-refractivity contribution is 7.98. The lowest BCUT2D eigenvalue weighted by Crippen LogP contribution is -1.96. The van der Waals surface area contributed by atoms with E-state index in [4.69, 9.17) is 11.6 Å². The summed E-state index contributed by atoms with van der Waals surface area (Å²) >= 11 is 9.23. The molecule has 3 nitrogen and oxygen atoms in total. The monoisotopic (exact) mass is 335 g/mol. The second kappa shape index (κ2) is 6.22. The Morgan fingerprint density at radius 3 is 2.71 bits per heavy atom. The van der Waals surface area contributed by atoms with E-state index in [1.807, 2.05) is 29.8 Å². The van der Waals surface area contributed by atoms with Crippen LogP contribution in [0.15, 0.2) is 41.6 Å². The minimum Gasteiger partial charge on any atom is -0.305 e. The van der Waals surface area contributed by atoms with Gasteiger partial charge in [-0.05, 0) is 24.6 Å². The average molecular weight is 336 g/mol. The Bertz CT molecular complexity index is 764. The molecule has 3 aromatic rings. The quantitative estimate of drug-likeness (QED) is 0.642. The van der Waals surface area contributed by atoms with Crippen molar-refractivity contribution in [1.82, 2.24) is 14.8 Å². The maximum Gasteiger partial charge on any atom is 0.191 e. The SMILES string of the molecule is Cc1ccccc1-c1nnc(SCc2ccc(Cl)s2)n1C. The molecule has 0 spiro atoms. The third-order valence-electron chi connectivity index (χ3n) is 3.19. The van der Waals surface area contributed by atoms with Crippen molar-refractivity contribution >= 4 is 34.7 Å². The first-order valence-corrected chi connectivity index (χ1v) is 8.65. The van der Waals surface area contributed by atoms with E-state index in [-0.39, 0.29) is 0 Å². The molecule has 0 amide bonds. The van der Waals surface area contributed by atoms with Crippen LogP contribution in [0.25, 0.3) is 11.4 Å². The van der Waals surface area contributed by atoms with Crippen LogP contribution in [0.4, 0.5) is 0 Å². The van der Waals surface area contributed by atoms with E-state index >= 15 is 0 Å². The number of thiophene rings is 1. The molecule has 1 aromatic carbocycles. The van der Waals surface area contributed by atoms with Gasteiger partial charge in [0.1, 0.15) is 0 Å². The van der Waals surface area contributed by atoms with E-state index in [9.17, 15) is 0 Å². The number of hydrogen-bond donors (Lipinski definition) is 0. The predicted molar refractivity (Wildman–Crippen MR) is 90.1 cm³/mol. The van der Waals surface area contributed by atoms with Gasteiger partial charge in [0.05, 0.1) is 4.34 Å². The van der Waals surface area contributed by atoms with Gasteiger partial charge in [-0.1, -0.05) is 47.6 Å². The predicted octanol–water partition coefficient (Wildman–Crippen LogP) is 4.80. The normalized spacial score (nSPS) is 11.0. The van der Waals surface area contributed by atoms with Gasteiger partial charge in [0.2, 0.25) is 0 Å². The number of thioether (sulfide) groups is 1. The molecule has 0 N–H and O–H groups in total. The van der Waals surface area contributed by atoms with Gasteiger partial charge in [-0.3, -0.25) is 0 Å². The zero-order chi connectivity index (χ0) is 14.8. The van der Waals surface area contributed by atoms with Crippen molar-refractivity contribution in [2.24, 2.45) is 7.05 Å². The molecular weight excluding hydrogens is 322 g/mol. The molecule has 0 saturated carbocycles. The van der Waals surface area contributed by atoms with Crippen LogP contribution in [-0.2, 0) is 12.8 Å². The molecule has 0 radical (unpaired) electrons. The molecule has 0 aliphatic carbocycles. The highest BCUT2D eigenvalue weighted by Crippen LogP contribution is 2.30. The van der Waals surface area contributed by atoms with Crippen molar-refractivity contribution < 1.29 is 0 Å². The number of benzene rings is 1. The molecule has 2 heterocycles. The van der Waals surface area contributed by atoms with Crippen LogP contribution in [0.3, 0.4) is 0 Å². The average Bonchev–Trinajstić information content (AvgIpc) is 3.04. The molecule has 0 atom stereocenters. The summed E-state index contributed by atoms with van der Waals surface area (Å²) < 4.78 is 2.87. The maximum absolute atomic E-state index is 5.95. The van der Waals surface area contributed by atoms with Gasteiger partial charge in [-0.25, -0.2) is 0 Å². The first-order valence-electron chi connectivity index (χ1n) is 6.47. The van der Waals surface area contributed by atoms with E-state index in [0.717, 1.165) is 26.6 Å². The van der Waals surface area contributed by atoms with Gasteiger partial charge < -0.3 is 4.57 Å². The fraction of sp³-hybridized carbons (Fsp3) is 0.200. The van der Waals surface area contributed by atoms with E-state index in [2.05, 4.69) is 35.3 Å². The van der Waals surface area contributed by atoms with Crippen LogP contribution >= 0.6 is 34.7 Å². The zero-order valence-electron chi connectivity index (χ0n) is 11.7. The number of rotatable bonds is 4.